The molecule has 1 heterocycles. The van der Waals surface area contributed by atoms with Gasteiger partial charge < -0.3 is 37.2 Å². The number of ether oxygens (including phenoxy) is 2. The van der Waals surface area contributed by atoms with E-state index >= 15 is 0 Å². The summed E-state index contributed by atoms with van der Waals surface area (Å²) in [6, 6.07) is 9.37. The quantitative estimate of drug-likeness (QED) is 0.581. The first-order valence-electron chi connectivity index (χ1n) is 7.56. The summed E-state index contributed by atoms with van der Waals surface area (Å²) in [6.07, 6.45) is 0. The predicted octanol–water partition coefficient (Wildman–Crippen LogP) is 0.533. The lowest BCUT2D eigenvalue weighted by Crippen LogP contribution is -3.00. The molecule has 8 heteroatoms. The number of H-pyrrole nitrogens is 2. The fourth-order valence-electron chi connectivity index (χ4n) is 2.53. The van der Waals surface area contributed by atoms with E-state index in [2.05, 4.69) is 15.3 Å². The Kier molecular flexibility index (Phi) is 6.22. The van der Waals surface area contributed by atoms with E-state index in [1.54, 1.807) is 7.11 Å². The Morgan fingerprint density at radius 3 is 2.64 bits per heavy atom. The molecule has 0 fully saturated rings. The Morgan fingerprint density at radius 1 is 1.16 bits per heavy atom. The van der Waals surface area contributed by atoms with Gasteiger partial charge in [0.05, 0.1) is 29.8 Å². The molecule has 134 valence electrons. The van der Waals surface area contributed by atoms with Crippen molar-refractivity contribution in [3.8, 4) is 11.5 Å². The Balaban J connectivity index is 0.00000225. The van der Waals surface area contributed by atoms with Crippen LogP contribution < -0.4 is 32.9 Å². The number of benzene rings is 2. The molecule has 0 saturated carbocycles. The molecule has 0 bridgehead atoms. The Labute approximate surface area is 155 Å². The van der Waals surface area contributed by atoms with Crippen molar-refractivity contribution in [1.82, 2.24) is 9.97 Å². The van der Waals surface area contributed by atoms with Gasteiger partial charge in [0.25, 0.3) is 0 Å². The van der Waals surface area contributed by atoms with E-state index < -0.39 is 0 Å². The van der Waals surface area contributed by atoms with E-state index in [4.69, 9.17) is 21.1 Å². The van der Waals surface area contributed by atoms with Crippen LogP contribution in [0, 0.1) is 0 Å². The summed E-state index contributed by atoms with van der Waals surface area (Å²) in [7, 11) is 1.56. The van der Waals surface area contributed by atoms with Gasteiger partial charge >= 0.3 is 5.69 Å². The SMILES string of the molecule is CCOc1cc(CNc2ccc3[nH]c(=O)[nH]c3c2)cc(Cl)c1OC.[Cl-]. The number of hydrogen-bond donors (Lipinski definition) is 3. The summed E-state index contributed by atoms with van der Waals surface area (Å²) in [6.45, 7) is 3.00. The van der Waals surface area contributed by atoms with Gasteiger partial charge in [0, 0.05) is 12.2 Å². The van der Waals surface area contributed by atoms with Gasteiger partial charge in [-0.2, -0.15) is 0 Å². The van der Waals surface area contributed by atoms with E-state index in [1.807, 2.05) is 37.3 Å². The van der Waals surface area contributed by atoms with Gasteiger partial charge in [-0.15, -0.1) is 0 Å². The van der Waals surface area contributed by atoms with Crippen LogP contribution >= 0.6 is 11.6 Å². The first kappa shape index (κ1) is 19.0. The Bertz CT molecular complexity index is 921. The fraction of sp³-hybridized carbons (Fsp3) is 0.235. The molecule has 3 N–H and O–H groups in total. The second-order valence-corrected chi connectivity index (χ2v) is 5.64. The third kappa shape index (κ3) is 4.21. The van der Waals surface area contributed by atoms with Crippen LogP contribution in [0.3, 0.4) is 0 Å². The second-order valence-electron chi connectivity index (χ2n) is 5.24. The Hall–Kier alpha value is -2.31. The molecule has 0 amide bonds. The lowest BCUT2D eigenvalue weighted by molar-refractivity contribution is -0.00000569. The Morgan fingerprint density at radius 2 is 1.92 bits per heavy atom. The number of fused-ring (bicyclic) bond motifs is 1. The highest BCUT2D eigenvalue weighted by atomic mass is 35.5. The molecule has 25 heavy (non-hydrogen) atoms. The molecule has 0 saturated heterocycles. The van der Waals surface area contributed by atoms with Gasteiger partial charge in [-0.1, -0.05) is 11.6 Å². The van der Waals surface area contributed by atoms with Crippen LogP contribution in [0.2, 0.25) is 5.02 Å². The van der Waals surface area contributed by atoms with Crippen LogP contribution in [0.25, 0.3) is 11.0 Å². The maximum atomic E-state index is 11.3. The summed E-state index contributed by atoms with van der Waals surface area (Å²) in [5, 5.41) is 3.81. The van der Waals surface area contributed by atoms with E-state index in [0.29, 0.717) is 29.7 Å². The third-order valence-electron chi connectivity index (χ3n) is 3.59. The molecular weight excluding hydrogens is 365 g/mol. The van der Waals surface area contributed by atoms with E-state index in [0.717, 1.165) is 22.3 Å². The summed E-state index contributed by atoms with van der Waals surface area (Å²) >= 11 is 6.26. The zero-order valence-corrected chi connectivity index (χ0v) is 15.3. The van der Waals surface area contributed by atoms with Crippen LogP contribution in [-0.4, -0.2) is 23.7 Å². The molecule has 1 aromatic heterocycles. The van der Waals surface area contributed by atoms with Crippen molar-refractivity contribution in [3.05, 3.63) is 51.4 Å². The van der Waals surface area contributed by atoms with Gasteiger partial charge in [-0.25, -0.2) is 4.79 Å². The summed E-state index contributed by atoms with van der Waals surface area (Å²) < 4.78 is 10.9. The first-order valence-corrected chi connectivity index (χ1v) is 7.93. The lowest BCUT2D eigenvalue weighted by atomic mass is 10.2. The number of halogens is 2. The molecule has 6 nitrogen and oxygen atoms in total. The van der Waals surface area contributed by atoms with Gasteiger partial charge in [0.15, 0.2) is 11.5 Å². The third-order valence-corrected chi connectivity index (χ3v) is 3.87. The molecule has 0 radical (unpaired) electrons. The smallest absolute Gasteiger partial charge is 0.323 e. The molecule has 0 unspecified atom stereocenters. The maximum absolute atomic E-state index is 11.3. The number of methoxy groups -OCH3 is 1. The normalized spacial score (nSPS) is 10.4. The van der Waals surface area contributed by atoms with Crippen LogP contribution in [0.1, 0.15) is 12.5 Å². The van der Waals surface area contributed by atoms with E-state index in [-0.39, 0.29) is 18.1 Å². The minimum atomic E-state index is -0.217. The summed E-state index contributed by atoms with van der Waals surface area (Å²) in [5.41, 5.74) is 3.17. The predicted molar refractivity (Wildman–Crippen MR) is 95.4 cm³/mol. The fourth-order valence-corrected chi connectivity index (χ4v) is 2.84. The minimum absolute atomic E-state index is 0. The van der Waals surface area contributed by atoms with Gasteiger partial charge in [0.2, 0.25) is 0 Å². The van der Waals surface area contributed by atoms with Crippen LogP contribution in [-0.2, 0) is 6.54 Å². The summed E-state index contributed by atoms with van der Waals surface area (Å²) in [5.74, 6) is 1.16. The topological polar surface area (TPSA) is 79.1 Å². The lowest BCUT2D eigenvalue weighted by Gasteiger charge is -2.14. The highest BCUT2D eigenvalue weighted by Gasteiger charge is 2.11. The molecule has 0 aliphatic heterocycles. The molecule has 3 aromatic rings. The van der Waals surface area contributed by atoms with Crippen molar-refractivity contribution in [2.24, 2.45) is 0 Å². The zero-order valence-electron chi connectivity index (χ0n) is 13.8. The number of aromatic amines is 2. The second kappa shape index (κ2) is 8.18. The van der Waals surface area contributed by atoms with E-state index in [9.17, 15) is 4.79 Å². The molecule has 0 aliphatic carbocycles. The monoisotopic (exact) mass is 382 g/mol. The van der Waals surface area contributed by atoms with Crippen LogP contribution in [0.5, 0.6) is 11.5 Å². The van der Waals surface area contributed by atoms with Crippen molar-refractivity contribution in [2.75, 3.05) is 19.0 Å². The van der Waals surface area contributed by atoms with Crippen LogP contribution in [0.4, 0.5) is 5.69 Å². The standard InChI is InChI=1S/C17H18ClN3O3.ClH/c1-3-24-15-7-10(6-12(18)16(15)23-2)9-19-11-4-5-13-14(8-11)21-17(22)20-13;/h4-8,19H,3,9H2,1-2H3,(H2,20,21,22);1H/p-1. The van der Waals surface area contributed by atoms with Crippen molar-refractivity contribution in [2.45, 2.75) is 13.5 Å². The highest BCUT2D eigenvalue weighted by molar-refractivity contribution is 6.32. The average molecular weight is 383 g/mol. The van der Waals surface area contributed by atoms with Crippen molar-refractivity contribution < 1.29 is 21.9 Å². The molecule has 3 rings (SSSR count). The highest BCUT2D eigenvalue weighted by Crippen LogP contribution is 2.36. The van der Waals surface area contributed by atoms with Crippen molar-refractivity contribution in [3.63, 3.8) is 0 Å². The first-order chi connectivity index (χ1) is 11.6. The number of anilines is 1. The number of nitrogens with one attached hydrogen (secondary N) is 3. The van der Waals surface area contributed by atoms with Gasteiger partial charge in [0.1, 0.15) is 0 Å². The van der Waals surface area contributed by atoms with Gasteiger partial charge in [-0.3, -0.25) is 0 Å². The zero-order chi connectivity index (χ0) is 17.1. The maximum Gasteiger partial charge on any atom is 0.323 e. The largest absolute Gasteiger partial charge is 1.00 e. The molecular formula is C17H18Cl2N3O3-. The van der Waals surface area contributed by atoms with Crippen LogP contribution in [0.15, 0.2) is 35.1 Å². The minimum Gasteiger partial charge on any atom is -1.00 e. The average Bonchev–Trinajstić information content (AvgIpc) is 2.92. The molecule has 2 aromatic carbocycles. The summed E-state index contributed by atoms with van der Waals surface area (Å²) in [4.78, 5) is 16.8. The molecule has 0 aliphatic rings. The molecule has 0 atom stereocenters. The number of rotatable bonds is 6. The number of aromatic nitrogens is 2. The number of imidazole rings is 1. The van der Waals surface area contributed by atoms with Crippen molar-refractivity contribution in [1.29, 1.82) is 0 Å². The van der Waals surface area contributed by atoms with E-state index in [1.165, 1.54) is 0 Å². The molecule has 0 spiro atoms. The number of hydrogen-bond acceptors (Lipinski definition) is 4. The van der Waals surface area contributed by atoms with Crippen molar-refractivity contribution >= 4 is 28.3 Å². The van der Waals surface area contributed by atoms with Gasteiger partial charge in [-0.05, 0) is 42.8 Å².